The second-order valence-electron chi connectivity index (χ2n) is 4.69. The molecule has 2 aliphatic heterocycles. The maximum Gasteiger partial charge on any atom is 0.306 e. The average molecular weight is 243 g/mol. The topological polar surface area (TPSA) is 57.6 Å². The molecule has 2 heterocycles. The Morgan fingerprint density at radius 2 is 2.12 bits per heavy atom. The summed E-state index contributed by atoms with van der Waals surface area (Å²) in [7, 11) is 0. The molecule has 0 spiro atoms. The van der Waals surface area contributed by atoms with E-state index in [1.165, 1.54) is 0 Å². The molecule has 2 saturated heterocycles. The van der Waals surface area contributed by atoms with Crippen molar-refractivity contribution in [2.45, 2.75) is 13.3 Å². The molecule has 0 aliphatic carbocycles. The summed E-state index contributed by atoms with van der Waals surface area (Å²) in [5.41, 5.74) is 0. The van der Waals surface area contributed by atoms with Crippen molar-refractivity contribution in [2.75, 3.05) is 24.6 Å². The van der Waals surface area contributed by atoms with E-state index in [0.29, 0.717) is 13.1 Å². The summed E-state index contributed by atoms with van der Waals surface area (Å²) >= 11 is 1.83. The smallest absolute Gasteiger partial charge is 0.306 e. The van der Waals surface area contributed by atoms with Gasteiger partial charge in [0, 0.05) is 30.7 Å². The summed E-state index contributed by atoms with van der Waals surface area (Å²) in [6, 6.07) is 0. The third-order valence-electron chi connectivity index (χ3n) is 3.60. The fraction of sp³-hybridized carbons (Fsp3) is 0.818. The third kappa shape index (κ3) is 2.19. The van der Waals surface area contributed by atoms with Crippen molar-refractivity contribution >= 4 is 23.6 Å². The molecule has 16 heavy (non-hydrogen) atoms. The number of aliphatic carboxylic acids is 1. The highest BCUT2D eigenvalue weighted by molar-refractivity contribution is 7.99. The van der Waals surface area contributed by atoms with E-state index in [4.69, 9.17) is 5.11 Å². The standard InChI is InChI=1S/C11H17NO3S/c1-7(11(14)15)9-4-12(5-9)10(13)8-2-3-16-6-8/h7-9H,2-6H2,1H3,(H,14,15). The third-order valence-corrected chi connectivity index (χ3v) is 4.76. The highest BCUT2D eigenvalue weighted by Gasteiger charge is 2.39. The molecular weight excluding hydrogens is 226 g/mol. The summed E-state index contributed by atoms with van der Waals surface area (Å²) in [5.74, 6) is 1.50. The second kappa shape index (κ2) is 4.65. The van der Waals surface area contributed by atoms with E-state index in [0.717, 1.165) is 17.9 Å². The van der Waals surface area contributed by atoms with Crippen LogP contribution in [-0.4, -0.2) is 46.5 Å². The van der Waals surface area contributed by atoms with E-state index in [2.05, 4.69) is 0 Å². The van der Waals surface area contributed by atoms with Crippen molar-refractivity contribution in [3.05, 3.63) is 0 Å². The van der Waals surface area contributed by atoms with Crippen molar-refractivity contribution in [2.24, 2.45) is 17.8 Å². The molecule has 2 fully saturated rings. The molecule has 0 bridgehead atoms. The first-order chi connectivity index (χ1) is 7.59. The Labute approximate surface area is 99.4 Å². The Kier molecular flexibility index (Phi) is 3.42. The first-order valence-corrected chi connectivity index (χ1v) is 6.84. The van der Waals surface area contributed by atoms with Gasteiger partial charge in [-0.1, -0.05) is 6.92 Å². The Bertz CT molecular complexity index is 296. The minimum Gasteiger partial charge on any atom is -0.481 e. The molecule has 0 aromatic heterocycles. The predicted octanol–water partition coefficient (Wildman–Crippen LogP) is 0.919. The van der Waals surface area contributed by atoms with E-state index in [9.17, 15) is 9.59 Å². The summed E-state index contributed by atoms with van der Waals surface area (Å²) in [4.78, 5) is 24.5. The van der Waals surface area contributed by atoms with E-state index < -0.39 is 5.97 Å². The molecular formula is C11H17NO3S. The Hall–Kier alpha value is -0.710. The summed E-state index contributed by atoms with van der Waals surface area (Å²) in [6.45, 7) is 2.99. The van der Waals surface area contributed by atoms with Crippen LogP contribution in [0, 0.1) is 17.8 Å². The number of thioether (sulfide) groups is 1. The van der Waals surface area contributed by atoms with E-state index >= 15 is 0 Å². The lowest BCUT2D eigenvalue weighted by Crippen LogP contribution is -2.55. The van der Waals surface area contributed by atoms with Crippen LogP contribution in [0.1, 0.15) is 13.3 Å². The number of likely N-dealkylation sites (tertiary alicyclic amines) is 1. The molecule has 5 heteroatoms. The molecule has 4 nitrogen and oxygen atoms in total. The van der Waals surface area contributed by atoms with Gasteiger partial charge in [-0.25, -0.2) is 0 Å². The molecule has 1 N–H and O–H groups in total. The van der Waals surface area contributed by atoms with Gasteiger partial charge in [-0.2, -0.15) is 11.8 Å². The molecule has 2 unspecified atom stereocenters. The molecule has 0 saturated carbocycles. The van der Waals surface area contributed by atoms with Crippen LogP contribution >= 0.6 is 11.8 Å². The lowest BCUT2D eigenvalue weighted by Gasteiger charge is -2.42. The van der Waals surface area contributed by atoms with Crippen molar-refractivity contribution in [3.63, 3.8) is 0 Å². The lowest BCUT2D eigenvalue weighted by molar-refractivity contribution is -0.152. The lowest BCUT2D eigenvalue weighted by atomic mass is 9.86. The highest BCUT2D eigenvalue weighted by atomic mass is 32.2. The molecule has 90 valence electrons. The Morgan fingerprint density at radius 3 is 2.62 bits per heavy atom. The number of hydrogen-bond acceptors (Lipinski definition) is 3. The summed E-state index contributed by atoms with van der Waals surface area (Å²) in [5, 5.41) is 8.85. The maximum absolute atomic E-state index is 11.9. The van der Waals surface area contributed by atoms with Gasteiger partial charge in [0.25, 0.3) is 0 Å². The van der Waals surface area contributed by atoms with Crippen molar-refractivity contribution < 1.29 is 14.7 Å². The molecule has 2 atom stereocenters. The number of carbonyl (C=O) groups excluding carboxylic acids is 1. The number of rotatable bonds is 3. The first kappa shape index (κ1) is 11.8. The zero-order valence-corrected chi connectivity index (χ0v) is 10.2. The van der Waals surface area contributed by atoms with Crippen LogP contribution in [0.5, 0.6) is 0 Å². The number of carboxylic acids is 1. The van der Waals surface area contributed by atoms with Crippen molar-refractivity contribution in [1.82, 2.24) is 4.90 Å². The van der Waals surface area contributed by atoms with Crippen LogP contribution in [0.25, 0.3) is 0 Å². The number of carbonyl (C=O) groups is 2. The molecule has 2 rings (SSSR count). The fourth-order valence-electron chi connectivity index (χ4n) is 2.20. The minimum atomic E-state index is -0.756. The summed E-state index contributed by atoms with van der Waals surface area (Å²) in [6.07, 6.45) is 0.985. The molecule has 2 aliphatic rings. The van der Waals surface area contributed by atoms with Crippen LogP contribution in [0.15, 0.2) is 0 Å². The van der Waals surface area contributed by atoms with Crippen LogP contribution < -0.4 is 0 Å². The monoisotopic (exact) mass is 243 g/mol. The largest absolute Gasteiger partial charge is 0.481 e. The Balaban J connectivity index is 1.79. The van der Waals surface area contributed by atoms with Gasteiger partial charge in [-0.15, -0.1) is 0 Å². The van der Waals surface area contributed by atoms with Crippen LogP contribution in [0.3, 0.4) is 0 Å². The zero-order chi connectivity index (χ0) is 11.7. The fourth-order valence-corrected chi connectivity index (χ4v) is 3.41. The van der Waals surface area contributed by atoms with Gasteiger partial charge in [0.2, 0.25) is 5.91 Å². The Morgan fingerprint density at radius 1 is 1.44 bits per heavy atom. The first-order valence-electron chi connectivity index (χ1n) is 5.69. The summed E-state index contributed by atoms with van der Waals surface area (Å²) < 4.78 is 0. The SMILES string of the molecule is CC(C(=O)O)C1CN(C(=O)C2CCSC2)C1. The zero-order valence-electron chi connectivity index (χ0n) is 9.39. The molecule has 1 amide bonds. The van der Waals surface area contributed by atoms with Crippen LogP contribution in [-0.2, 0) is 9.59 Å². The maximum atomic E-state index is 11.9. The van der Waals surface area contributed by atoms with E-state index in [1.807, 2.05) is 16.7 Å². The van der Waals surface area contributed by atoms with Crippen LogP contribution in [0.4, 0.5) is 0 Å². The van der Waals surface area contributed by atoms with Gasteiger partial charge in [0.05, 0.1) is 5.92 Å². The minimum absolute atomic E-state index is 0.149. The quantitative estimate of drug-likeness (QED) is 0.800. The number of nitrogens with zero attached hydrogens (tertiary/aromatic N) is 1. The van der Waals surface area contributed by atoms with Gasteiger partial charge in [0.1, 0.15) is 0 Å². The van der Waals surface area contributed by atoms with Crippen molar-refractivity contribution in [1.29, 1.82) is 0 Å². The van der Waals surface area contributed by atoms with Gasteiger partial charge < -0.3 is 10.0 Å². The number of hydrogen-bond donors (Lipinski definition) is 1. The highest BCUT2D eigenvalue weighted by Crippen LogP contribution is 2.30. The van der Waals surface area contributed by atoms with Gasteiger partial charge in [0.15, 0.2) is 0 Å². The number of amides is 1. The normalized spacial score (nSPS) is 27.6. The van der Waals surface area contributed by atoms with Gasteiger partial charge in [-0.3, -0.25) is 9.59 Å². The molecule has 0 radical (unpaired) electrons. The van der Waals surface area contributed by atoms with Gasteiger partial charge >= 0.3 is 5.97 Å². The van der Waals surface area contributed by atoms with E-state index in [1.54, 1.807) is 6.92 Å². The predicted molar refractivity (Wildman–Crippen MR) is 62.3 cm³/mol. The van der Waals surface area contributed by atoms with E-state index in [-0.39, 0.29) is 23.7 Å². The number of carboxylic acid groups (broad SMARTS) is 1. The molecule has 0 aromatic rings. The average Bonchev–Trinajstić information content (AvgIpc) is 2.67. The van der Waals surface area contributed by atoms with Crippen molar-refractivity contribution in [3.8, 4) is 0 Å². The molecule has 0 aromatic carbocycles. The van der Waals surface area contributed by atoms with Crippen LogP contribution in [0.2, 0.25) is 0 Å². The van der Waals surface area contributed by atoms with Gasteiger partial charge in [-0.05, 0) is 12.2 Å². The second-order valence-corrected chi connectivity index (χ2v) is 5.84.